The predicted molar refractivity (Wildman–Crippen MR) is 71.7 cm³/mol. The Kier molecular flexibility index (Phi) is 9.39. The Balaban J connectivity index is 4.38. The summed E-state index contributed by atoms with van der Waals surface area (Å²) in [5.41, 5.74) is 0. The summed E-state index contributed by atoms with van der Waals surface area (Å²) in [6, 6.07) is 1.35. The molecule has 0 aliphatic rings. The van der Waals surface area contributed by atoms with Crippen LogP contribution in [-0.4, -0.2) is 58.0 Å². The summed E-state index contributed by atoms with van der Waals surface area (Å²) in [6.07, 6.45) is 0. The van der Waals surface area contributed by atoms with Gasteiger partial charge in [0.2, 0.25) is 0 Å². The minimum absolute atomic E-state index is 0.877. The van der Waals surface area contributed by atoms with Crippen LogP contribution in [0.1, 0.15) is 27.7 Å². The number of hydrogen-bond donors (Lipinski definition) is 1. The van der Waals surface area contributed by atoms with E-state index in [1.54, 1.807) is 0 Å². The molecule has 0 saturated carbocycles. The molecule has 4 heteroatoms. The van der Waals surface area contributed by atoms with Crippen LogP contribution in [0.25, 0.3) is 0 Å². The molecule has 0 unspecified atom stereocenters. The van der Waals surface area contributed by atoms with Crippen molar-refractivity contribution < 1.29 is 0 Å². The van der Waals surface area contributed by atoms with Gasteiger partial charge in [0.1, 0.15) is 0 Å². The van der Waals surface area contributed by atoms with E-state index in [1.807, 2.05) is 0 Å². The van der Waals surface area contributed by atoms with Gasteiger partial charge in [0, 0.05) is 0 Å². The van der Waals surface area contributed by atoms with E-state index < -0.39 is 9.12 Å². The van der Waals surface area contributed by atoms with Gasteiger partial charge in [0.25, 0.3) is 0 Å². The fourth-order valence-corrected chi connectivity index (χ4v) is 5.58. The topological polar surface area (TPSA) is 18.5 Å². The van der Waals surface area contributed by atoms with Crippen molar-refractivity contribution in [3.05, 3.63) is 0 Å². The number of rotatable bonds is 9. The zero-order valence-electron chi connectivity index (χ0n) is 11.2. The summed E-state index contributed by atoms with van der Waals surface area (Å²) in [5.74, 6) is 0. The van der Waals surface area contributed by atoms with Crippen molar-refractivity contribution in [3.8, 4) is 0 Å². The van der Waals surface area contributed by atoms with Crippen LogP contribution in [0.15, 0.2) is 0 Å². The van der Waals surface area contributed by atoms with E-state index in [1.165, 1.54) is 32.2 Å². The van der Waals surface area contributed by atoms with Gasteiger partial charge in [-0.25, -0.2) is 0 Å². The Morgan fingerprint density at radius 2 is 1.27 bits per heavy atom. The van der Waals surface area contributed by atoms with Gasteiger partial charge in [-0.3, -0.25) is 0 Å². The van der Waals surface area contributed by atoms with Gasteiger partial charge < -0.3 is 14.4 Å². The molecule has 0 atom stereocenters. The lowest BCUT2D eigenvalue weighted by Gasteiger charge is -2.36. The van der Waals surface area contributed by atoms with Crippen molar-refractivity contribution in [1.29, 1.82) is 0 Å². The molecule has 0 spiro atoms. The fourth-order valence-electron chi connectivity index (χ4n) is 2.16. The van der Waals surface area contributed by atoms with Crippen LogP contribution in [0.5, 0.6) is 0 Å². The van der Waals surface area contributed by atoms with Crippen molar-refractivity contribution in [1.82, 2.24) is 14.4 Å². The molecule has 0 radical (unpaired) electrons. The molecule has 0 aromatic heterocycles. The van der Waals surface area contributed by atoms with E-state index >= 15 is 0 Å². The highest BCUT2D eigenvalue weighted by molar-refractivity contribution is 6.52. The maximum atomic E-state index is 3.29. The molecule has 15 heavy (non-hydrogen) atoms. The van der Waals surface area contributed by atoms with E-state index in [2.05, 4.69) is 49.2 Å². The lowest BCUT2D eigenvalue weighted by Crippen LogP contribution is -2.53. The monoisotopic (exact) mass is 231 g/mol. The van der Waals surface area contributed by atoms with Crippen molar-refractivity contribution in [2.24, 2.45) is 0 Å². The van der Waals surface area contributed by atoms with E-state index in [4.69, 9.17) is 0 Å². The highest BCUT2D eigenvalue weighted by atomic mass is 28.3. The third-order valence-electron chi connectivity index (χ3n) is 3.12. The van der Waals surface area contributed by atoms with E-state index in [9.17, 15) is 0 Å². The molecule has 0 aromatic carbocycles. The highest BCUT2D eigenvalue weighted by Gasteiger charge is 2.22. The number of hydrogen-bond acceptors (Lipinski definition) is 3. The predicted octanol–water partition coefficient (Wildman–Crippen LogP) is 1.11. The van der Waals surface area contributed by atoms with Gasteiger partial charge in [-0.05, 0) is 45.8 Å². The molecule has 0 aliphatic heterocycles. The van der Waals surface area contributed by atoms with Crippen molar-refractivity contribution in [2.75, 3.05) is 39.8 Å². The lowest BCUT2D eigenvalue weighted by molar-refractivity contribution is 0.375. The SMILES string of the molecule is CCN(CC)[SiH](CCNC)N(CC)CC. The normalized spacial score (nSPS) is 12.0. The molecule has 0 aliphatic carbocycles. The molecule has 0 amide bonds. The Morgan fingerprint density at radius 1 is 0.867 bits per heavy atom. The first-order valence-electron chi connectivity index (χ1n) is 6.37. The average molecular weight is 231 g/mol. The Morgan fingerprint density at radius 3 is 1.53 bits per heavy atom. The van der Waals surface area contributed by atoms with Crippen LogP contribution in [0.2, 0.25) is 6.04 Å². The van der Waals surface area contributed by atoms with Crippen molar-refractivity contribution in [3.63, 3.8) is 0 Å². The summed E-state index contributed by atoms with van der Waals surface area (Å²) in [6.45, 7) is 15.1. The van der Waals surface area contributed by atoms with Gasteiger partial charge in [0.05, 0.1) is 0 Å². The van der Waals surface area contributed by atoms with Crippen molar-refractivity contribution in [2.45, 2.75) is 33.7 Å². The highest BCUT2D eigenvalue weighted by Crippen LogP contribution is 2.06. The van der Waals surface area contributed by atoms with Crippen LogP contribution in [-0.2, 0) is 0 Å². The molecular formula is C11H29N3Si. The van der Waals surface area contributed by atoms with Gasteiger partial charge in [-0.15, -0.1) is 0 Å². The molecule has 0 heterocycles. The summed E-state index contributed by atoms with van der Waals surface area (Å²) >= 11 is 0. The zero-order chi connectivity index (χ0) is 11.7. The first-order valence-corrected chi connectivity index (χ1v) is 8.22. The third-order valence-corrected chi connectivity index (χ3v) is 7.07. The van der Waals surface area contributed by atoms with E-state index in [0.29, 0.717) is 0 Å². The first kappa shape index (κ1) is 15.1. The average Bonchev–Trinajstić information content (AvgIpc) is 2.28. The molecule has 1 N–H and O–H groups in total. The number of nitrogens with zero attached hydrogens (tertiary/aromatic N) is 2. The van der Waals surface area contributed by atoms with Gasteiger partial charge in [0.15, 0.2) is 9.12 Å². The second-order valence-electron chi connectivity index (χ2n) is 3.82. The van der Waals surface area contributed by atoms with Crippen LogP contribution in [0.3, 0.4) is 0 Å². The summed E-state index contributed by atoms with van der Waals surface area (Å²) in [5, 5.41) is 3.29. The van der Waals surface area contributed by atoms with Crippen LogP contribution in [0, 0.1) is 0 Å². The first-order chi connectivity index (χ1) is 7.24. The fraction of sp³-hybridized carbons (Fsp3) is 1.00. The minimum atomic E-state index is -0.877. The van der Waals surface area contributed by atoms with Crippen molar-refractivity contribution >= 4 is 9.12 Å². The maximum Gasteiger partial charge on any atom is 0.191 e. The summed E-state index contributed by atoms with van der Waals surface area (Å²) in [7, 11) is 1.17. The second kappa shape index (κ2) is 9.33. The van der Waals surface area contributed by atoms with Crippen LogP contribution < -0.4 is 5.32 Å². The smallest absolute Gasteiger partial charge is 0.191 e. The Bertz CT molecular complexity index is 124. The minimum Gasteiger partial charge on any atom is -0.320 e. The summed E-state index contributed by atoms with van der Waals surface area (Å²) in [4.78, 5) is 0. The molecule has 0 saturated heterocycles. The van der Waals surface area contributed by atoms with Crippen LogP contribution >= 0.6 is 0 Å². The lowest BCUT2D eigenvalue weighted by atomic mass is 10.7. The largest absolute Gasteiger partial charge is 0.320 e. The molecular weight excluding hydrogens is 202 g/mol. The third kappa shape index (κ3) is 5.11. The molecule has 0 rings (SSSR count). The molecule has 0 fully saturated rings. The summed E-state index contributed by atoms with van der Waals surface area (Å²) < 4.78 is 5.37. The zero-order valence-corrected chi connectivity index (χ0v) is 12.4. The molecule has 0 bridgehead atoms. The quantitative estimate of drug-likeness (QED) is 0.600. The van der Waals surface area contributed by atoms with Gasteiger partial charge in [-0.2, -0.15) is 0 Å². The molecule has 3 nitrogen and oxygen atoms in total. The van der Waals surface area contributed by atoms with Gasteiger partial charge >= 0.3 is 0 Å². The van der Waals surface area contributed by atoms with Crippen LogP contribution in [0.4, 0.5) is 0 Å². The Labute approximate surface area is 97.6 Å². The Hall–Kier alpha value is 0.0969. The molecule has 92 valence electrons. The van der Waals surface area contributed by atoms with E-state index in [0.717, 1.165) is 6.54 Å². The van der Waals surface area contributed by atoms with Gasteiger partial charge in [-0.1, -0.05) is 27.7 Å². The van der Waals surface area contributed by atoms with E-state index in [-0.39, 0.29) is 0 Å². The number of nitrogens with one attached hydrogen (secondary N) is 1. The standard InChI is InChI=1S/C11H29N3Si/c1-6-13(7-2)15(11-10-12-5)14(8-3)9-4/h12,15H,6-11H2,1-5H3. The molecule has 0 aromatic rings. The second-order valence-corrected chi connectivity index (χ2v) is 6.81. The maximum absolute atomic E-state index is 3.29.